The van der Waals surface area contributed by atoms with Crippen molar-refractivity contribution in [3.63, 3.8) is 0 Å². The van der Waals surface area contributed by atoms with Crippen molar-refractivity contribution in [2.75, 3.05) is 32.1 Å². The summed E-state index contributed by atoms with van der Waals surface area (Å²) in [6, 6.07) is 22.1. The lowest BCUT2D eigenvalue weighted by atomic mass is 10.1. The molecule has 0 bridgehead atoms. The lowest BCUT2D eigenvalue weighted by Gasteiger charge is -2.12. The Hall–Kier alpha value is -4.29. The molecule has 0 radical (unpaired) electrons. The highest BCUT2D eigenvalue weighted by Crippen LogP contribution is 2.40. The van der Waals surface area contributed by atoms with Crippen LogP contribution >= 0.6 is 23.6 Å². The van der Waals surface area contributed by atoms with Crippen molar-refractivity contribution in [2.45, 2.75) is 12.8 Å². The van der Waals surface area contributed by atoms with Gasteiger partial charge in [0.25, 0.3) is 0 Å². The number of hydrogen-bond acceptors (Lipinski definition) is 7. The second-order valence-corrected chi connectivity index (χ2v) is 11.3. The molecule has 0 saturated heterocycles. The van der Waals surface area contributed by atoms with Crippen LogP contribution in [0.15, 0.2) is 85.1 Å². The lowest BCUT2D eigenvalue weighted by Crippen LogP contribution is -2.35. The first-order valence-electron chi connectivity index (χ1n) is 13.9. The van der Waals surface area contributed by atoms with Gasteiger partial charge in [0, 0.05) is 42.5 Å². The number of carbonyl (C=O) groups is 1. The van der Waals surface area contributed by atoms with Crippen molar-refractivity contribution in [1.82, 2.24) is 15.6 Å². The van der Waals surface area contributed by atoms with Crippen LogP contribution in [0, 0.1) is 11.6 Å². The summed E-state index contributed by atoms with van der Waals surface area (Å²) in [5, 5.41) is 8.72. The number of ether oxygens (including phenoxy) is 2. The van der Waals surface area contributed by atoms with Gasteiger partial charge in [0.2, 0.25) is 5.91 Å². The molecule has 0 fully saturated rings. The fourth-order valence-corrected chi connectivity index (χ4v) is 5.74. The van der Waals surface area contributed by atoms with E-state index in [9.17, 15) is 9.18 Å². The minimum atomic E-state index is -0.607. The third kappa shape index (κ3) is 8.42. The van der Waals surface area contributed by atoms with Crippen molar-refractivity contribution in [3.05, 3.63) is 108 Å². The first kappa shape index (κ1) is 31.1. The van der Waals surface area contributed by atoms with E-state index >= 15 is 4.39 Å². The fourth-order valence-electron chi connectivity index (χ4n) is 4.45. The normalized spacial score (nSPS) is 11.0. The topological polar surface area (TPSA) is 84.5 Å². The largest absolute Gasteiger partial charge is 0.453 e. The quantitative estimate of drug-likeness (QED) is 0.102. The number of hydrogen-bond donors (Lipinski definition) is 3. The third-order valence-corrected chi connectivity index (χ3v) is 7.99. The van der Waals surface area contributed by atoms with Gasteiger partial charge in [-0.05, 0) is 72.2 Å². The van der Waals surface area contributed by atoms with Gasteiger partial charge in [0.15, 0.2) is 16.7 Å². The number of aromatic nitrogens is 1. The van der Waals surface area contributed by atoms with E-state index in [4.69, 9.17) is 21.7 Å². The number of nitrogens with one attached hydrogen (secondary N) is 3. The molecule has 0 aliphatic rings. The number of benzene rings is 3. The van der Waals surface area contributed by atoms with Gasteiger partial charge in [-0.3, -0.25) is 9.78 Å². The summed E-state index contributed by atoms with van der Waals surface area (Å²) in [5.74, 6) is -0.841. The molecule has 3 aromatic carbocycles. The van der Waals surface area contributed by atoms with Crippen LogP contribution < -0.4 is 20.7 Å². The van der Waals surface area contributed by atoms with Gasteiger partial charge in [-0.1, -0.05) is 36.4 Å². The standard InChI is InChI=1S/C33H30F2N4O3S2/c1-41-16-15-36-13-11-21-3-2-4-23(17-21)30-20-27-32(44-30)29(12-14-37-27)42-28-10-9-25(19-26(28)35)38-33(43)39-31(40)18-22-5-7-24(34)8-6-22/h2-10,12,14,17,19-20,36H,11,13,15-16,18H2,1H3,(H2,38,39,40,43). The van der Waals surface area contributed by atoms with Crippen LogP contribution in [-0.2, 0) is 22.4 Å². The van der Waals surface area contributed by atoms with Crippen LogP contribution in [0.25, 0.3) is 20.7 Å². The highest BCUT2D eigenvalue weighted by molar-refractivity contribution is 7.80. The number of halogens is 2. The van der Waals surface area contributed by atoms with Gasteiger partial charge in [-0.15, -0.1) is 11.3 Å². The van der Waals surface area contributed by atoms with E-state index in [0.717, 1.165) is 40.2 Å². The molecule has 11 heteroatoms. The second-order valence-electron chi connectivity index (χ2n) is 9.88. The van der Waals surface area contributed by atoms with Crippen LogP contribution in [0.3, 0.4) is 0 Å². The summed E-state index contributed by atoms with van der Waals surface area (Å²) in [6.45, 7) is 2.35. The molecular formula is C33H30F2N4O3S2. The number of carbonyl (C=O) groups excluding carboxylic acids is 1. The molecular weight excluding hydrogens is 603 g/mol. The third-order valence-electron chi connectivity index (χ3n) is 6.60. The fraction of sp³-hybridized carbons (Fsp3) is 0.182. The number of fused-ring (bicyclic) bond motifs is 1. The molecule has 5 rings (SSSR count). The van der Waals surface area contributed by atoms with Crippen LogP contribution in [0.2, 0.25) is 0 Å². The summed E-state index contributed by atoms with van der Waals surface area (Å²) in [5.41, 5.74) is 4.04. The Morgan fingerprint density at radius 1 is 0.955 bits per heavy atom. The number of amides is 1. The summed E-state index contributed by atoms with van der Waals surface area (Å²) in [4.78, 5) is 17.8. The highest BCUT2D eigenvalue weighted by Gasteiger charge is 2.14. The predicted octanol–water partition coefficient (Wildman–Crippen LogP) is 6.87. The van der Waals surface area contributed by atoms with Gasteiger partial charge in [0.05, 0.1) is 23.2 Å². The van der Waals surface area contributed by atoms with E-state index in [-0.39, 0.29) is 29.0 Å². The van der Waals surface area contributed by atoms with E-state index in [2.05, 4.69) is 39.1 Å². The zero-order valence-electron chi connectivity index (χ0n) is 23.9. The molecule has 2 heterocycles. The lowest BCUT2D eigenvalue weighted by molar-refractivity contribution is -0.119. The summed E-state index contributed by atoms with van der Waals surface area (Å²) >= 11 is 6.73. The predicted molar refractivity (Wildman–Crippen MR) is 174 cm³/mol. The van der Waals surface area contributed by atoms with Crippen LogP contribution in [-0.4, -0.2) is 42.8 Å². The highest BCUT2D eigenvalue weighted by atomic mass is 32.1. The maximum atomic E-state index is 15.1. The van der Waals surface area contributed by atoms with E-state index in [1.165, 1.54) is 53.3 Å². The van der Waals surface area contributed by atoms with Gasteiger partial charge in [-0.2, -0.15) is 0 Å². The molecule has 1 amide bonds. The SMILES string of the molecule is COCCNCCc1cccc(-c2cc3nccc(Oc4ccc(NC(=S)NC(=O)Cc5ccc(F)cc5)cc4F)c3s2)c1. The Kier molecular flexibility index (Phi) is 10.6. The number of pyridine rings is 1. The maximum absolute atomic E-state index is 15.1. The van der Waals surface area contributed by atoms with Crippen LogP contribution in [0.4, 0.5) is 14.5 Å². The zero-order chi connectivity index (χ0) is 30.9. The number of methoxy groups -OCH3 is 1. The Morgan fingerprint density at radius 3 is 2.59 bits per heavy atom. The van der Waals surface area contributed by atoms with Crippen LogP contribution in [0.1, 0.15) is 11.1 Å². The number of thiophene rings is 1. The number of rotatable bonds is 12. The molecule has 44 heavy (non-hydrogen) atoms. The Bertz CT molecular complexity index is 1760. The molecule has 0 aliphatic carbocycles. The van der Waals surface area contributed by atoms with Gasteiger partial charge in [0.1, 0.15) is 11.6 Å². The average Bonchev–Trinajstić information content (AvgIpc) is 3.45. The van der Waals surface area contributed by atoms with Crippen molar-refractivity contribution in [1.29, 1.82) is 0 Å². The molecule has 0 spiro atoms. The monoisotopic (exact) mass is 632 g/mol. The number of anilines is 1. The number of thiocarbonyl (C=S) groups is 1. The smallest absolute Gasteiger partial charge is 0.230 e. The van der Waals surface area contributed by atoms with E-state index in [0.29, 0.717) is 23.6 Å². The molecule has 2 aromatic heterocycles. The molecule has 0 aliphatic heterocycles. The molecule has 0 saturated carbocycles. The van der Waals surface area contributed by atoms with Crippen molar-refractivity contribution < 1.29 is 23.0 Å². The summed E-state index contributed by atoms with van der Waals surface area (Å²) < 4.78 is 40.1. The van der Waals surface area contributed by atoms with E-state index in [1.807, 2.05) is 12.1 Å². The summed E-state index contributed by atoms with van der Waals surface area (Å²) in [7, 11) is 1.69. The van der Waals surface area contributed by atoms with E-state index in [1.54, 1.807) is 25.4 Å². The molecule has 226 valence electrons. The second kappa shape index (κ2) is 14.9. The van der Waals surface area contributed by atoms with Gasteiger partial charge >= 0.3 is 0 Å². The Morgan fingerprint density at radius 2 is 1.80 bits per heavy atom. The first-order chi connectivity index (χ1) is 21.4. The summed E-state index contributed by atoms with van der Waals surface area (Å²) in [6.07, 6.45) is 2.55. The van der Waals surface area contributed by atoms with Crippen molar-refractivity contribution >= 4 is 50.5 Å². The molecule has 0 atom stereocenters. The van der Waals surface area contributed by atoms with Crippen molar-refractivity contribution in [2.24, 2.45) is 0 Å². The average molecular weight is 633 g/mol. The zero-order valence-corrected chi connectivity index (χ0v) is 25.5. The van der Waals surface area contributed by atoms with Gasteiger partial charge < -0.3 is 25.4 Å². The van der Waals surface area contributed by atoms with Crippen molar-refractivity contribution in [3.8, 4) is 21.9 Å². The Balaban J connectivity index is 1.22. The minimum absolute atomic E-state index is 0.0126. The minimum Gasteiger partial charge on any atom is -0.453 e. The Labute approximate surface area is 263 Å². The van der Waals surface area contributed by atoms with Crippen LogP contribution in [0.5, 0.6) is 11.5 Å². The molecule has 7 nitrogen and oxygen atoms in total. The molecule has 5 aromatic rings. The maximum Gasteiger partial charge on any atom is 0.230 e. The molecule has 0 unspecified atom stereocenters. The first-order valence-corrected chi connectivity index (χ1v) is 15.1. The van der Waals surface area contributed by atoms with Gasteiger partial charge in [-0.25, -0.2) is 8.78 Å². The number of nitrogens with zero attached hydrogens (tertiary/aromatic N) is 1. The molecule has 3 N–H and O–H groups in total. The van der Waals surface area contributed by atoms with E-state index < -0.39 is 5.82 Å².